The van der Waals surface area contributed by atoms with Gasteiger partial charge in [-0.3, -0.25) is 4.79 Å². The Morgan fingerprint density at radius 3 is 2.29 bits per heavy atom. The van der Waals surface area contributed by atoms with Crippen molar-refractivity contribution in [1.29, 1.82) is 0 Å². The lowest BCUT2D eigenvalue weighted by atomic mass is 9.87. The Morgan fingerprint density at radius 1 is 1.24 bits per heavy atom. The van der Waals surface area contributed by atoms with Crippen LogP contribution in [0.2, 0.25) is 0 Å². The molecule has 0 saturated heterocycles. The predicted molar refractivity (Wildman–Crippen MR) is 68.6 cm³/mol. The molecule has 0 unspecified atom stereocenters. The first-order chi connectivity index (χ1) is 7.93. The molecule has 0 fully saturated rings. The molecule has 0 saturated carbocycles. The lowest BCUT2D eigenvalue weighted by Crippen LogP contribution is -2.12. The van der Waals surface area contributed by atoms with Crippen molar-refractivity contribution in [2.24, 2.45) is 5.73 Å². The highest BCUT2D eigenvalue weighted by Crippen LogP contribution is 2.22. The molecule has 1 rings (SSSR count). The molecule has 0 heterocycles. The molecule has 0 bridgehead atoms. The summed E-state index contributed by atoms with van der Waals surface area (Å²) >= 11 is 0. The number of benzene rings is 1. The quantitative estimate of drug-likeness (QED) is 0.815. The van der Waals surface area contributed by atoms with Gasteiger partial charge in [-0.15, -0.1) is 0 Å². The highest BCUT2D eigenvalue weighted by Gasteiger charge is 2.12. The largest absolute Gasteiger partial charge is 0.461 e. The van der Waals surface area contributed by atoms with E-state index in [4.69, 9.17) is 10.5 Å². The van der Waals surface area contributed by atoms with E-state index < -0.39 is 0 Å². The second kappa shape index (κ2) is 5.82. The highest BCUT2D eigenvalue weighted by atomic mass is 16.5. The molecule has 1 aromatic carbocycles. The maximum Gasteiger partial charge on any atom is 0.307 e. The van der Waals surface area contributed by atoms with Gasteiger partial charge in [0, 0.05) is 6.54 Å². The van der Waals surface area contributed by atoms with Crippen LogP contribution in [-0.4, -0.2) is 12.5 Å². The number of esters is 1. The zero-order valence-electron chi connectivity index (χ0n) is 10.8. The van der Waals surface area contributed by atoms with Crippen molar-refractivity contribution < 1.29 is 9.53 Å². The van der Waals surface area contributed by atoms with Gasteiger partial charge < -0.3 is 10.5 Å². The average molecular weight is 235 g/mol. The molecule has 0 amide bonds. The van der Waals surface area contributed by atoms with Gasteiger partial charge in [0.25, 0.3) is 0 Å². The topological polar surface area (TPSA) is 52.3 Å². The van der Waals surface area contributed by atoms with Crippen molar-refractivity contribution in [2.45, 2.75) is 39.2 Å². The first-order valence-electron chi connectivity index (χ1n) is 5.88. The molecule has 0 radical (unpaired) electrons. The normalized spacial score (nSPS) is 11.3. The van der Waals surface area contributed by atoms with Gasteiger partial charge in [0.05, 0.1) is 6.42 Å². The minimum absolute atomic E-state index is 0.148. The summed E-state index contributed by atoms with van der Waals surface area (Å²) in [5.41, 5.74) is 7.69. The first kappa shape index (κ1) is 13.7. The van der Waals surface area contributed by atoms with Crippen LogP contribution < -0.4 is 5.73 Å². The van der Waals surface area contributed by atoms with Gasteiger partial charge in [0.15, 0.2) is 0 Å². The maximum atomic E-state index is 11.1. The summed E-state index contributed by atoms with van der Waals surface area (Å²) in [6.07, 6.45) is 0.278. The van der Waals surface area contributed by atoms with E-state index in [2.05, 4.69) is 32.9 Å². The van der Waals surface area contributed by atoms with Gasteiger partial charge in [0.2, 0.25) is 0 Å². The number of rotatable bonds is 4. The van der Waals surface area contributed by atoms with E-state index in [0.29, 0.717) is 13.2 Å². The van der Waals surface area contributed by atoms with Gasteiger partial charge in [0.1, 0.15) is 6.61 Å². The summed E-state index contributed by atoms with van der Waals surface area (Å²) in [5.74, 6) is -0.243. The van der Waals surface area contributed by atoms with Crippen LogP contribution >= 0.6 is 0 Å². The molecule has 2 N–H and O–H groups in total. The summed E-state index contributed by atoms with van der Waals surface area (Å²) in [6, 6.07) is 8.14. The Bertz CT molecular complexity index is 363. The van der Waals surface area contributed by atoms with Crippen molar-refractivity contribution in [3.63, 3.8) is 0 Å². The number of hydrogen-bond donors (Lipinski definition) is 1. The Morgan fingerprint density at radius 2 is 1.82 bits per heavy atom. The smallest absolute Gasteiger partial charge is 0.307 e. The Hall–Kier alpha value is -1.35. The van der Waals surface area contributed by atoms with Gasteiger partial charge in [-0.25, -0.2) is 0 Å². The lowest BCUT2D eigenvalue weighted by molar-refractivity contribution is -0.144. The summed E-state index contributed by atoms with van der Waals surface area (Å²) in [6.45, 7) is 7.17. The number of hydrogen-bond acceptors (Lipinski definition) is 3. The molecule has 0 spiro atoms. The fourth-order valence-electron chi connectivity index (χ4n) is 1.45. The van der Waals surface area contributed by atoms with Crippen LogP contribution in [0.4, 0.5) is 0 Å². The highest BCUT2D eigenvalue weighted by molar-refractivity contribution is 5.69. The van der Waals surface area contributed by atoms with Crippen molar-refractivity contribution in [2.75, 3.05) is 6.54 Å². The third-order valence-electron chi connectivity index (χ3n) is 2.57. The molecule has 0 aliphatic heterocycles. The molecule has 1 aromatic rings. The van der Waals surface area contributed by atoms with Crippen LogP contribution in [0.5, 0.6) is 0 Å². The van der Waals surface area contributed by atoms with Gasteiger partial charge in [-0.05, 0) is 16.5 Å². The second-order valence-electron chi connectivity index (χ2n) is 5.15. The van der Waals surface area contributed by atoms with Crippen molar-refractivity contribution in [1.82, 2.24) is 0 Å². The molecule has 0 aliphatic rings. The summed E-state index contributed by atoms with van der Waals surface area (Å²) in [4.78, 5) is 11.1. The molecule has 3 heteroatoms. The molecular weight excluding hydrogens is 214 g/mol. The van der Waals surface area contributed by atoms with E-state index in [0.717, 1.165) is 5.56 Å². The Kier molecular flexibility index (Phi) is 4.70. The average Bonchev–Trinajstić information content (AvgIpc) is 2.26. The fraction of sp³-hybridized carbons (Fsp3) is 0.500. The summed E-state index contributed by atoms with van der Waals surface area (Å²) in [7, 11) is 0. The van der Waals surface area contributed by atoms with Crippen LogP contribution in [0, 0.1) is 0 Å². The zero-order valence-corrected chi connectivity index (χ0v) is 10.8. The third kappa shape index (κ3) is 4.57. The maximum absolute atomic E-state index is 11.1. The number of carbonyl (C=O) groups excluding carboxylic acids is 1. The molecule has 17 heavy (non-hydrogen) atoms. The van der Waals surface area contributed by atoms with Gasteiger partial charge in [-0.2, -0.15) is 0 Å². The number of nitrogens with two attached hydrogens (primary N) is 1. The van der Waals surface area contributed by atoms with Crippen molar-refractivity contribution in [3.05, 3.63) is 35.4 Å². The van der Waals surface area contributed by atoms with Gasteiger partial charge in [-0.1, -0.05) is 45.0 Å². The van der Waals surface area contributed by atoms with E-state index in [1.807, 2.05) is 12.1 Å². The molecule has 94 valence electrons. The first-order valence-corrected chi connectivity index (χ1v) is 5.88. The standard InChI is InChI=1S/C14H21NO2/c1-14(2,3)12-6-4-11(5-7-12)10-17-13(16)8-9-15/h4-7H,8-10,15H2,1-3H3. The summed E-state index contributed by atoms with van der Waals surface area (Å²) < 4.78 is 5.08. The van der Waals surface area contributed by atoms with Crippen LogP contribution in [-0.2, 0) is 21.6 Å². The van der Waals surface area contributed by atoms with Gasteiger partial charge >= 0.3 is 5.97 Å². The molecular formula is C14H21NO2. The Labute approximate surface area is 103 Å². The predicted octanol–water partition coefficient (Wildman–Crippen LogP) is 2.38. The Balaban J connectivity index is 2.54. The van der Waals surface area contributed by atoms with Crippen molar-refractivity contribution >= 4 is 5.97 Å². The van der Waals surface area contributed by atoms with E-state index in [9.17, 15) is 4.79 Å². The minimum atomic E-state index is -0.243. The minimum Gasteiger partial charge on any atom is -0.461 e. The van der Waals surface area contributed by atoms with Crippen molar-refractivity contribution in [3.8, 4) is 0 Å². The SMILES string of the molecule is CC(C)(C)c1ccc(COC(=O)CCN)cc1. The number of carbonyl (C=O) groups is 1. The molecule has 0 aliphatic carbocycles. The van der Waals surface area contributed by atoms with E-state index >= 15 is 0 Å². The van der Waals surface area contributed by atoms with E-state index in [-0.39, 0.29) is 17.8 Å². The third-order valence-corrected chi connectivity index (χ3v) is 2.57. The lowest BCUT2D eigenvalue weighted by Gasteiger charge is -2.19. The zero-order chi connectivity index (χ0) is 12.9. The molecule has 0 aromatic heterocycles. The second-order valence-corrected chi connectivity index (χ2v) is 5.15. The monoisotopic (exact) mass is 235 g/mol. The summed E-state index contributed by atoms with van der Waals surface area (Å²) in [5, 5.41) is 0. The molecule has 0 atom stereocenters. The number of ether oxygens (including phenoxy) is 1. The fourth-order valence-corrected chi connectivity index (χ4v) is 1.45. The van der Waals surface area contributed by atoms with Crippen LogP contribution in [0.25, 0.3) is 0 Å². The van der Waals surface area contributed by atoms with Crippen LogP contribution in [0.3, 0.4) is 0 Å². The van der Waals surface area contributed by atoms with Crippen LogP contribution in [0.15, 0.2) is 24.3 Å². The molecule has 3 nitrogen and oxygen atoms in total. The van der Waals surface area contributed by atoms with E-state index in [1.165, 1.54) is 5.56 Å². The van der Waals surface area contributed by atoms with Crippen LogP contribution in [0.1, 0.15) is 38.3 Å². The van der Waals surface area contributed by atoms with E-state index in [1.54, 1.807) is 0 Å².